The van der Waals surface area contributed by atoms with Crippen molar-refractivity contribution in [3.63, 3.8) is 0 Å². The van der Waals surface area contributed by atoms with Crippen molar-refractivity contribution in [3.05, 3.63) is 85.8 Å². The molecular weight excluding hydrogens is 350 g/mol. The molecule has 0 spiro atoms. The molecule has 0 fully saturated rings. The van der Waals surface area contributed by atoms with Gasteiger partial charge >= 0.3 is 0 Å². The van der Waals surface area contributed by atoms with Gasteiger partial charge in [-0.1, -0.05) is 36.4 Å². The predicted molar refractivity (Wildman–Crippen MR) is 99.4 cm³/mol. The zero-order valence-corrected chi connectivity index (χ0v) is 14.2. The monoisotopic (exact) mass is 365 g/mol. The third kappa shape index (κ3) is 3.80. The van der Waals surface area contributed by atoms with Crippen LogP contribution < -0.4 is 5.56 Å². The number of nitrogens with zero attached hydrogens (tertiary/aromatic N) is 2. The third-order valence-corrected chi connectivity index (χ3v) is 3.99. The summed E-state index contributed by atoms with van der Waals surface area (Å²) in [6, 6.07) is 12.8. The van der Waals surface area contributed by atoms with Crippen LogP contribution in [0.4, 0.5) is 5.69 Å². The molecule has 0 aliphatic rings. The van der Waals surface area contributed by atoms with Crippen LogP contribution in [0.2, 0.25) is 0 Å². The fraction of sp³-hybridized carbons (Fsp3) is 0.105. The highest BCUT2D eigenvalue weighted by Crippen LogP contribution is 2.18. The summed E-state index contributed by atoms with van der Waals surface area (Å²) in [6.07, 6.45) is 0.107. The number of Topliss-reactive ketones (excluding diaryl/α,β-unsaturated/α-hetero) is 1. The topological polar surface area (TPSA) is 126 Å². The van der Waals surface area contributed by atoms with Crippen molar-refractivity contribution < 1.29 is 14.8 Å². The third-order valence-electron chi connectivity index (χ3n) is 3.99. The van der Waals surface area contributed by atoms with Gasteiger partial charge in [-0.3, -0.25) is 19.7 Å². The molecule has 1 aromatic heterocycles. The van der Waals surface area contributed by atoms with Crippen LogP contribution >= 0.6 is 0 Å². The number of rotatable bonds is 5. The largest absolute Gasteiger partial charge is 0.380 e. The van der Waals surface area contributed by atoms with Crippen LogP contribution in [0.1, 0.15) is 23.0 Å². The van der Waals surface area contributed by atoms with Crippen molar-refractivity contribution in [1.82, 2.24) is 9.97 Å². The summed E-state index contributed by atoms with van der Waals surface area (Å²) in [5, 5.41) is 21.1. The first kappa shape index (κ1) is 18.2. The number of fused-ring (bicyclic) bond motifs is 1. The van der Waals surface area contributed by atoms with Crippen molar-refractivity contribution in [2.45, 2.75) is 13.0 Å². The van der Waals surface area contributed by atoms with Crippen molar-refractivity contribution in [2.75, 3.05) is 0 Å². The number of aromatic amines is 1. The number of carbonyl (C=O) groups is 1. The van der Waals surface area contributed by atoms with Gasteiger partial charge in [-0.2, -0.15) is 0 Å². The van der Waals surface area contributed by atoms with E-state index >= 15 is 0 Å². The molecule has 136 valence electrons. The van der Waals surface area contributed by atoms with Crippen LogP contribution in [-0.4, -0.2) is 31.9 Å². The summed E-state index contributed by atoms with van der Waals surface area (Å²) in [5.74, 6) is -0.846. The molecule has 2 aromatic carbocycles. The van der Waals surface area contributed by atoms with E-state index in [1.54, 1.807) is 13.0 Å². The molecule has 0 aliphatic carbocycles. The molecule has 27 heavy (non-hydrogen) atoms. The Balaban J connectivity index is 1.96. The van der Waals surface area contributed by atoms with Gasteiger partial charge in [0.1, 0.15) is 6.10 Å². The molecular formula is C19H15N3O5. The summed E-state index contributed by atoms with van der Waals surface area (Å²) in [5.41, 5.74) is 0.0212. The number of aliphatic hydroxyl groups is 1. The molecule has 3 rings (SSSR count). The SMILES string of the molecule is CC(=Cc1ccccc1)C(O)C(=O)c1nc2ccc([N+](=O)[O-])cc2[nH]c1=O. The van der Waals surface area contributed by atoms with Gasteiger partial charge in [-0.05, 0) is 24.1 Å². The Hall–Kier alpha value is -3.65. The summed E-state index contributed by atoms with van der Waals surface area (Å²) < 4.78 is 0. The molecule has 0 aliphatic heterocycles. The lowest BCUT2D eigenvalue weighted by molar-refractivity contribution is -0.384. The summed E-state index contributed by atoms with van der Waals surface area (Å²) in [6.45, 7) is 1.58. The molecule has 8 heteroatoms. The zero-order valence-electron chi connectivity index (χ0n) is 14.2. The molecule has 0 bridgehead atoms. The Morgan fingerprint density at radius 1 is 1.26 bits per heavy atom. The lowest BCUT2D eigenvalue weighted by Gasteiger charge is -2.10. The summed E-state index contributed by atoms with van der Waals surface area (Å²) in [7, 11) is 0. The maximum atomic E-state index is 12.5. The highest BCUT2D eigenvalue weighted by atomic mass is 16.6. The second kappa shape index (κ2) is 7.30. The molecule has 0 saturated carbocycles. The molecule has 1 heterocycles. The number of benzene rings is 2. The van der Waals surface area contributed by atoms with Crippen LogP contribution in [0.25, 0.3) is 17.1 Å². The van der Waals surface area contributed by atoms with Gasteiger partial charge in [0.15, 0.2) is 5.69 Å². The standard InChI is InChI=1S/C19H15N3O5/c1-11(9-12-5-3-2-4-6-12)17(23)18(24)16-19(25)21-15-10-13(22(26)27)7-8-14(15)20-16/h2-10,17,23H,1H3,(H,21,25). The second-order valence-electron chi connectivity index (χ2n) is 5.94. The molecule has 3 aromatic rings. The molecule has 0 radical (unpaired) electrons. The highest BCUT2D eigenvalue weighted by Gasteiger charge is 2.24. The van der Waals surface area contributed by atoms with Crippen molar-refractivity contribution in [3.8, 4) is 0 Å². The highest BCUT2D eigenvalue weighted by molar-refractivity contribution is 6.01. The average Bonchev–Trinajstić information content (AvgIpc) is 2.66. The lowest BCUT2D eigenvalue weighted by Crippen LogP contribution is -2.29. The van der Waals surface area contributed by atoms with E-state index in [0.717, 1.165) is 11.6 Å². The number of nitrogens with one attached hydrogen (secondary N) is 1. The minimum absolute atomic E-state index is 0.136. The Morgan fingerprint density at radius 2 is 1.96 bits per heavy atom. The zero-order chi connectivity index (χ0) is 19.6. The minimum atomic E-state index is -1.53. The van der Waals surface area contributed by atoms with E-state index in [4.69, 9.17) is 0 Å². The Labute approximate surface area is 153 Å². The number of hydrogen-bond donors (Lipinski definition) is 2. The van der Waals surface area contributed by atoms with Crippen LogP contribution in [-0.2, 0) is 0 Å². The lowest BCUT2D eigenvalue weighted by atomic mass is 10.0. The van der Waals surface area contributed by atoms with Crippen molar-refractivity contribution >= 4 is 28.6 Å². The van der Waals surface area contributed by atoms with Gasteiger partial charge in [-0.25, -0.2) is 4.98 Å². The van der Waals surface area contributed by atoms with E-state index in [0.29, 0.717) is 5.57 Å². The maximum absolute atomic E-state index is 12.5. The normalized spacial score (nSPS) is 12.7. The number of nitro benzene ring substituents is 1. The quantitative estimate of drug-likeness (QED) is 0.406. The van der Waals surface area contributed by atoms with Crippen LogP contribution in [0.3, 0.4) is 0 Å². The van der Waals surface area contributed by atoms with Gasteiger partial charge in [0, 0.05) is 12.1 Å². The Bertz CT molecular complexity index is 1120. The Kier molecular flexibility index (Phi) is 4.91. The number of nitro groups is 1. The smallest absolute Gasteiger partial charge is 0.278 e. The van der Waals surface area contributed by atoms with Gasteiger partial charge in [0.2, 0.25) is 5.78 Å². The number of H-pyrrole nitrogens is 1. The first-order chi connectivity index (χ1) is 12.9. The molecule has 0 amide bonds. The number of aliphatic hydroxyl groups excluding tert-OH is 1. The van der Waals surface area contributed by atoms with Crippen molar-refractivity contribution in [2.24, 2.45) is 0 Å². The predicted octanol–water partition coefficient (Wildman–Crippen LogP) is 2.48. The number of hydrogen-bond acceptors (Lipinski definition) is 6. The van der Waals surface area contributed by atoms with E-state index in [1.807, 2.05) is 30.3 Å². The van der Waals surface area contributed by atoms with Crippen LogP contribution in [0.15, 0.2) is 58.9 Å². The van der Waals surface area contributed by atoms with E-state index in [1.165, 1.54) is 12.1 Å². The van der Waals surface area contributed by atoms with Gasteiger partial charge in [0.25, 0.3) is 11.2 Å². The molecule has 1 unspecified atom stereocenters. The van der Waals surface area contributed by atoms with E-state index in [9.17, 15) is 24.8 Å². The minimum Gasteiger partial charge on any atom is -0.380 e. The van der Waals surface area contributed by atoms with E-state index in [2.05, 4.69) is 9.97 Å². The number of non-ortho nitro benzene ring substituents is 1. The van der Waals surface area contributed by atoms with Gasteiger partial charge in [-0.15, -0.1) is 0 Å². The number of ketones is 1. The molecule has 2 N–H and O–H groups in total. The molecule has 8 nitrogen and oxygen atoms in total. The number of carbonyl (C=O) groups excluding carboxylic acids is 1. The van der Waals surface area contributed by atoms with Crippen LogP contribution in [0, 0.1) is 10.1 Å². The molecule has 1 atom stereocenters. The first-order valence-corrected chi connectivity index (χ1v) is 8.01. The molecule has 0 saturated heterocycles. The first-order valence-electron chi connectivity index (χ1n) is 8.01. The maximum Gasteiger partial charge on any atom is 0.278 e. The fourth-order valence-corrected chi connectivity index (χ4v) is 2.58. The fourth-order valence-electron chi connectivity index (χ4n) is 2.58. The second-order valence-corrected chi connectivity index (χ2v) is 5.94. The van der Waals surface area contributed by atoms with E-state index in [-0.39, 0.29) is 16.7 Å². The summed E-state index contributed by atoms with van der Waals surface area (Å²) in [4.78, 5) is 41.3. The Morgan fingerprint density at radius 3 is 2.63 bits per heavy atom. The number of aromatic nitrogens is 2. The summed E-state index contributed by atoms with van der Waals surface area (Å²) >= 11 is 0. The van der Waals surface area contributed by atoms with Crippen molar-refractivity contribution in [1.29, 1.82) is 0 Å². The van der Waals surface area contributed by atoms with Gasteiger partial charge in [0.05, 0.1) is 16.0 Å². The van der Waals surface area contributed by atoms with Crippen LogP contribution in [0.5, 0.6) is 0 Å². The average molecular weight is 365 g/mol. The van der Waals surface area contributed by atoms with Gasteiger partial charge < -0.3 is 10.1 Å². The van der Waals surface area contributed by atoms with E-state index < -0.39 is 28.1 Å².